The average molecular weight is 585 g/mol. The molecule has 4 rings (SSSR count). The minimum Gasteiger partial charge on any atom is -0.481 e. The number of aromatic nitrogens is 2. The molecule has 0 unspecified atom stereocenters. The Morgan fingerprint density at radius 2 is 1.73 bits per heavy atom. The Kier molecular flexibility index (Phi) is 10.8. The molecule has 2 aromatic rings. The number of carboxylic acids is 1. The molecule has 40 heavy (non-hydrogen) atoms. The number of hydrogen-bond acceptors (Lipinski definition) is 7. The molecule has 10 heteroatoms. The monoisotopic (exact) mass is 584 g/mol. The van der Waals surface area contributed by atoms with Gasteiger partial charge in [0.1, 0.15) is 15.8 Å². The third kappa shape index (κ3) is 7.72. The molecule has 2 aliphatic heterocycles. The first-order valence-electron chi connectivity index (χ1n) is 14.5. The van der Waals surface area contributed by atoms with Crippen LogP contribution in [0.2, 0.25) is 0 Å². The summed E-state index contributed by atoms with van der Waals surface area (Å²) in [6.07, 6.45) is 13.8. The summed E-state index contributed by atoms with van der Waals surface area (Å²) in [7, 11) is 0. The molecule has 1 amide bonds. The third-order valence-corrected chi connectivity index (χ3v) is 9.12. The highest BCUT2D eigenvalue weighted by Gasteiger charge is 2.32. The fraction of sp³-hybridized carbons (Fsp3) is 0.567. The third-order valence-electron chi connectivity index (χ3n) is 7.74. The molecule has 0 aliphatic carbocycles. The summed E-state index contributed by atoms with van der Waals surface area (Å²) in [5, 5.41) is 8.70. The van der Waals surface area contributed by atoms with Crippen LogP contribution in [0.1, 0.15) is 88.7 Å². The largest absolute Gasteiger partial charge is 0.481 e. The molecule has 4 heterocycles. The molecule has 8 nitrogen and oxygen atoms in total. The molecule has 0 bridgehead atoms. The number of thioether (sulfide) groups is 1. The number of rotatable bonds is 13. The number of hydrogen-bond donors (Lipinski definition) is 1. The number of aryl methyl sites for hydroxylation is 1. The Hall–Kier alpha value is -2.72. The molecule has 0 saturated carbocycles. The smallest absolute Gasteiger partial charge is 0.303 e. The van der Waals surface area contributed by atoms with E-state index < -0.39 is 5.97 Å². The number of anilines is 1. The number of thiocarbonyl (C=S) groups is 1. The lowest BCUT2D eigenvalue weighted by Crippen LogP contribution is -2.36. The highest BCUT2D eigenvalue weighted by molar-refractivity contribution is 8.26. The van der Waals surface area contributed by atoms with Crippen LogP contribution < -0.4 is 10.5 Å². The maximum absolute atomic E-state index is 13.7. The molecule has 0 radical (unpaired) electrons. The van der Waals surface area contributed by atoms with Gasteiger partial charge in [0.2, 0.25) is 0 Å². The first-order valence-corrected chi connectivity index (χ1v) is 15.7. The fourth-order valence-corrected chi connectivity index (χ4v) is 6.56. The Morgan fingerprint density at radius 1 is 1.07 bits per heavy atom. The first kappa shape index (κ1) is 30.2. The van der Waals surface area contributed by atoms with Crippen LogP contribution in [0, 0.1) is 12.8 Å². The number of aliphatic carboxylic acids is 1. The second kappa shape index (κ2) is 14.3. The SMILES string of the molecule is Cc1ccc2nc(N3CCC(C)CC3)c(C=C3SC(=S)N(CCCCCCCCCCC(=O)O)C3=O)c(=O)n2c1. The molecule has 2 fully saturated rings. The van der Waals surface area contributed by atoms with Crippen LogP contribution in [0.3, 0.4) is 0 Å². The molecule has 216 valence electrons. The van der Waals surface area contributed by atoms with Gasteiger partial charge in [-0.25, -0.2) is 4.98 Å². The fourth-order valence-electron chi connectivity index (χ4n) is 5.27. The number of carboxylic acid groups (broad SMARTS) is 1. The first-order chi connectivity index (χ1) is 19.2. The Bertz CT molecular complexity index is 1330. The second-order valence-electron chi connectivity index (χ2n) is 11.1. The van der Waals surface area contributed by atoms with E-state index in [1.54, 1.807) is 21.6 Å². The van der Waals surface area contributed by atoms with Crippen LogP contribution in [0.5, 0.6) is 0 Å². The van der Waals surface area contributed by atoms with E-state index in [9.17, 15) is 14.4 Å². The van der Waals surface area contributed by atoms with Gasteiger partial charge in [0.05, 0.1) is 10.5 Å². The van der Waals surface area contributed by atoms with E-state index in [0.717, 1.165) is 82.9 Å². The van der Waals surface area contributed by atoms with Crippen molar-refractivity contribution in [2.24, 2.45) is 5.92 Å². The van der Waals surface area contributed by atoms with E-state index >= 15 is 0 Å². The number of fused-ring (bicyclic) bond motifs is 1. The zero-order valence-corrected chi connectivity index (χ0v) is 25.2. The van der Waals surface area contributed by atoms with Crippen molar-refractivity contribution in [3.05, 3.63) is 44.7 Å². The molecule has 0 spiro atoms. The van der Waals surface area contributed by atoms with Crippen molar-refractivity contribution in [2.45, 2.75) is 84.5 Å². The molecule has 1 N–H and O–H groups in total. The summed E-state index contributed by atoms with van der Waals surface area (Å²) in [4.78, 5) is 46.9. The highest BCUT2D eigenvalue weighted by atomic mass is 32.2. The van der Waals surface area contributed by atoms with Gasteiger partial charge in [-0.3, -0.25) is 23.7 Å². The number of nitrogens with zero attached hydrogens (tertiary/aromatic N) is 4. The topological polar surface area (TPSA) is 95.2 Å². The van der Waals surface area contributed by atoms with Crippen molar-refractivity contribution < 1.29 is 14.7 Å². The van der Waals surface area contributed by atoms with E-state index in [4.69, 9.17) is 22.3 Å². The summed E-state index contributed by atoms with van der Waals surface area (Å²) in [5.74, 6) is 0.428. The zero-order chi connectivity index (χ0) is 28.6. The van der Waals surface area contributed by atoms with Gasteiger partial charge in [-0.1, -0.05) is 75.5 Å². The molecular weight excluding hydrogens is 544 g/mol. The van der Waals surface area contributed by atoms with Gasteiger partial charge in [-0.05, 0) is 56.2 Å². The number of carbonyl (C=O) groups is 2. The Morgan fingerprint density at radius 3 is 2.40 bits per heavy atom. The molecule has 2 aliphatic rings. The average Bonchev–Trinajstić information content (AvgIpc) is 3.19. The molecule has 0 atom stereocenters. The Labute approximate surface area is 245 Å². The van der Waals surface area contributed by atoms with Gasteiger partial charge in [-0.15, -0.1) is 0 Å². The Balaban J connectivity index is 1.41. The number of carbonyl (C=O) groups excluding carboxylic acids is 1. The maximum atomic E-state index is 13.7. The molecule has 0 aromatic carbocycles. The summed E-state index contributed by atoms with van der Waals surface area (Å²) in [6, 6.07) is 3.83. The predicted molar refractivity (Wildman–Crippen MR) is 166 cm³/mol. The van der Waals surface area contributed by atoms with Crippen LogP contribution in [0.25, 0.3) is 11.7 Å². The van der Waals surface area contributed by atoms with Gasteiger partial charge < -0.3 is 10.0 Å². The lowest BCUT2D eigenvalue weighted by molar-refractivity contribution is -0.137. The predicted octanol–water partition coefficient (Wildman–Crippen LogP) is 6.04. The molecule has 2 aromatic heterocycles. The number of unbranched alkanes of at least 4 members (excludes halogenated alkanes) is 7. The van der Waals surface area contributed by atoms with E-state index in [2.05, 4.69) is 11.8 Å². The van der Waals surface area contributed by atoms with Gasteiger partial charge >= 0.3 is 5.97 Å². The van der Waals surface area contributed by atoms with Gasteiger partial charge in [0.25, 0.3) is 11.5 Å². The summed E-state index contributed by atoms with van der Waals surface area (Å²) in [5.41, 5.74) is 1.85. The van der Waals surface area contributed by atoms with E-state index in [-0.39, 0.29) is 17.9 Å². The van der Waals surface area contributed by atoms with Crippen molar-refractivity contribution in [1.29, 1.82) is 0 Å². The van der Waals surface area contributed by atoms with Crippen LogP contribution in [-0.4, -0.2) is 55.2 Å². The minimum absolute atomic E-state index is 0.139. The standard InChI is InChI=1S/C30H40N4O4S2/c1-21-14-17-32(18-15-21)27-23(28(37)34-20-22(2)12-13-25(34)31-27)19-24-29(38)33(30(39)40-24)16-10-8-6-4-3-5-7-9-11-26(35)36/h12-13,19-21H,3-11,14-18H2,1-2H3,(H,35,36). The zero-order valence-electron chi connectivity index (χ0n) is 23.6. The maximum Gasteiger partial charge on any atom is 0.303 e. The second-order valence-corrected chi connectivity index (χ2v) is 12.7. The number of piperidine rings is 1. The normalized spacial score (nSPS) is 17.5. The highest BCUT2D eigenvalue weighted by Crippen LogP contribution is 2.34. The van der Waals surface area contributed by atoms with Crippen molar-refractivity contribution in [3.63, 3.8) is 0 Å². The van der Waals surface area contributed by atoms with Crippen molar-refractivity contribution in [2.75, 3.05) is 24.5 Å². The van der Waals surface area contributed by atoms with Gasteiger partial charge in [-0.2, -0.15) is 0 Å². The van der Waals surface area contributed by atoms with E-state index in [0.29, 0.717) is 38.7 Å². The van der Waals surface area contributed by atoms with Crippen LogP contribution in [0.4, 0.5) is 5.82 Å². The molecular formula is C30H40N4O4S2. The van der Waals surface area contributed by atoms with Crippen LogP contribution >= 0.6 is 24.0 Å². The van der Waals surface area contributed by atoms with Gasteiger partial charge in [0, 0.05) is 32.3 Å². The lowest BCUT2D eigenvalue weighted by Gasteiger charge is -2.32. The van der Waals surface area contributed by atoms with E-state index in [1.807, 2.05) is 19.1 Å². The van der Waals surface area contributed by atoms with Gasteiger partial charge in [0.15, 0.2) is 0 Å². The van der Waals surface area contributed by atoms with Crippen LogP contribution in [0.15, 0.2) is 28.0 Å². The summed E-state index contributed by atoms with van der Waals surface area (Å²) >= 11 is 6.83. The minimum atomic E-state index is -0.723. The number of pyridine rings is 1. The van der Waals surface area contributed by atoms with Crippen molar-refractivity contribution in [1.82, 2.24) is 14.3 Å². The van der Waals surface area contributed by atoms with Crippen molar-refractivity contribution >= 4 is 57.7 Å². The number of amides is 1. The quantitative estimate of drug-likeness (QED) is 0.173. The summed E-state index contributed by atoms with van der Waals surface area (Å²) in [6.45, 7) is 6.44. The summed E-state index contributed by atoms with van der Waals surface area (Å²) < 4.78 is 2.11. The van der Waals surface area contributed by atoms with E-state index in [1.165, 1.54) is 11.8 Å². The van der Waals surface area contributed by atoms with Crippen molar-refractivity contribution in [3.8, 4) is 0 Å². The molecule has 2 saturated heterocycles. The lowest BCUT2D eigenvalue weighted by atomic mass is 9.99. The van der Waals surface area contributed by atoms with Crippen LogP contribution in [-0.2, 0) is 9.59 Å².